The van der Waals surface area contributed by atoms with E-state index in [2.05, 4.69) is 77.6 Å². The van der Waals surface area contributed by atoms with Gasteiger partial charge < -0.3 is 9.88 Å². The van der Waals surface area contributed by atoms with Crippen LogP contribution in [0, 0.1) is 11.8 Å². The first-order chi connectivity index (χ1) is 12.8. The fourth-order valence-corrected chi connectivity index (χ4v) is 4.32. The highest BCUT2D eigenvalue weighted by molar-refractivity contribution is 5.84. The molecule has 0 radical (unpaired) electrons. The Bertz CT molecular complexity index is 826. The van der Waals surface area contributed by atoms with Crippen LogP contribution < -0.4 is 5.32 Å². The Morgan fingerprint density at radius 2 is 1.65 bits per heavy atom. The number of rotatable bonds is 6. The van der Waals surface area contributed by atoms with Crippen molar-refractivity contribution in [2.45, 2.75) is 45.7 Å². The van der Waals surface area contributed by atoms with E-state index in [1.165, 1.54) is 47.7 Å². The van der Waals surface area contributed by atoms with Crippen molar-refractivity contribution in [3.05, 3.63) is 71.9 Å². The second-order valence-corrected chi connectivity index (χ2v) is 8.04. The summed E-state index contributed by atoms with van der Waals surface area (Å²) in [6.45, 7) is 5.45. The molecule has 26 heavy (non-hydrogen) atoms. The van der Waals surface area contributed by atoms with Crippen LogP contribution >= 0.6 is 0 Å². The van der Waals surface area contributed by atoms with E-state index < -0.39 is 0 Å². The molecule has 0 aliphatic heterocycles. The van der Waals surface area contributed by atoms with Crippen molar-refractivity contribution in [1.82, 2.24) is 9.88 Å². The summed E-state index contributed by atoms with van der Waals surface area (Å²) in [5.41, 5.74) is 4.10. The number of benzene rings is 2. The number of hydrogen-bond acceptors (Lipinski definition) is 1. The molecule has 0 unspecified atom stereocenters. The van der Waals surface area contributed by atoms with E-state index in [-0.39, 0.29) is 0 Å². The zero-order valence-corrected chi connectivity index (χ0v) is 15.8. The van der Waals surface area contributed by atoms with Crippen molar-refractivity contribution in [3.8, 4) is 0 Å². The largest absolute Gasteiger partial charge is 0.343 e. The zero-order chi connectivity index (χ0) is 17.8. The van der Waals surface area contributed by atoms with Crippen molar-refractivity contribution >= 4 is 10.9 Å². The van der Waals surface area contributed by atoms with E-state index in [4.69, 9.17) is 0 Å². The summed E-state index contributed by atoms with van der Waals surface area (Å²) >= 11 is 0. The van der Waals surface area contributed by atoms with E-state index in [1.54, 1.807) is 0 Å². The first kappa shape index (κ1) is 17.4. The Labute approximate surface area is 157 Å². The minimum absolute atomic E-state index is 0.865. The van der Waals surface area contributed by atoms with Crippen LogP contribution in [0.4, 0.5) is 0 Å². The lowest BCUT2D eigenvalue weighted by molar-refractivity contribution is 0.281. The molecule has 136 valence electrons. The summed E-state index contributed by atoms with van der Waals surface area (Å²) in [5, 5.41) is 5.12. The van der Waals surface area contributed by atoms with Gasteiger partial charge in [0, 0.05) is 30.2 Å². The average molecular weight is 347 g/mol. The summed E-state index contributed by atoms with van der Waals surface area (Å²) in [6.07, 6.45) is 7.94. The molecule has 0 spiro atoms. The standard InChI is InChI=1S/C24H30N2/c1-19-11-13-20(14-12-19)15-25-16-22-18-26(17-21-7-3-2-4-8-21)24-10-6-5-9-23(22)24/h2-10,18-20,25H,11-17H2,1H3. The lowest BCUT2D eigenvalue weighted by atomic mass is 9.83. The number of para-hydroxylation sites is 1. The lowest BCUT2D eigenvalue weighted by Gasteiger charge is -2.26. The molecule has 2 nitrogen and oxygen atoms in total. The molecule has 1 saturated carbocycles. The summed E-state index contributed by atoms with van der Waals surface area (Å²) in [4.78, 5) is 0. The van der Waals surface area contributed by atoms with Crippen molar-refractivity contribution in [3.63, 3.8) is 0 Å². The van der Waals surface area contributed by atoms with E-state index >= 15 is 0 Å². The van der Waals surface area contributed by atoms with Crippen LogP contribution in [0.25, 0.3) is 10.9 Å². The zero-order valence-electron chi connectivity index (χ0n) is 15.8. The van der Waals surface area contributed by atoms with Gasteiger partial charge in [0.05, 0.1) is 0 Å². The van der Waals surface area contributed by atoms with Gasteiger partial charge >= 0.3 is 0 Å². The SMILES string of the molecule is CC1CCC(CNCc2cn(Cc3ccccc3)c3ccccc23)CC1. The first-order valence-electron chi connectivity index (χ1n) is 10.1. The summed E-state index contributed by atoms with van der Waals surface area (Å²) in [7, 11) is 0. The van der Waals surface area contributed by atoms with Gasteiger partial charge in [0.2, 0.25) is 0 Å². The Morgan fingerprint density at radius 1 is 0.923 bits per heavy atom. The molecule has 2 heteroatoms. The highest BCUT2D eigenvalue weighted by Gasteiger charge is 2.18. The molecule has 3 aromatic rings. The van der Waals surface area contributed by atoms with Gasteiger partial charge in [-0.15, -0.1) is 0 Å². The van der Waals surface area contributed by atoms with E-state index in [9.17, 15) is 0 Å². The van der Waals surface area contributed by atoms with Crippen LogP contribution in [0.2, 0.25) is 0 Å². The number of nitrogens with one attached hydrogen (secondary N) is 1. The molecule has 1 aromatic heterocycles. The summed E-state index contributed by atoms with van der Waals surface area (Å²) < 4.78 is 2.39. The molecular weight excluding hydrogens is 316 g/mol. The molecule has 1 heterocycles. The predicted octanol–water partition coefficient (Wildman–Crippen LogP) is 5.61. The molecule has 0 amide bonds. The van der Waals surface area contributed by atoms with Crippen LogP contribution in [0.15, 0.2) is 60.8 Å². The second kappa shape index (κ2) is 8.09. The molecule has 0 atom stereocenters. The monoisotopic (exact) mass is 346 g/mol. The molecule has 1 N–H and O–H groups in total. The number of aromatic nitrogens is 1. The molecule has 1 fully saturated rings. The highest BCUT2D eigenvalue weighted by atomic mass is 15.0. The minimum Gasteiger partial charge on any atom is -0.343 e. The van der Waals surface area contributed by atoms with Crippen LogP contribution in [-0.2, 0) is 13.1 Å². The lowest BCUT2D eigenvalue weighted by Crippen LogP contribution is -2.25. The maximum Gasteiger partial charge on any atom is 0.0486 e. The number of nitrogens with zero attached hydrogens (tertiary/aromatic N) is 1. The molecule has 0 saturated heterocycles. The fraction of sp³-hybridized carbons (Fsp3) is 0.417. The van der Waals surface area contributed by atoms with Gasteiger partial charge in [0.15, 0.2) is 0 Å². The van der Waals surface area contributed by atoms with E-state index in [1.807, 2.05) is 0 Å². The van der Waals surface area contributed by atoms with Gasteiger partial charge in [-0.25, -0.2) is 0 Å². The van der Waals surface area contributed by atoms with E-state index in [0.717, 1.165) is 31.5 Å². The van der Waals surface area contributed by atoms with Crippen molar-refractivity contribution < 1.29 is 0 Å². The maximum absolute atomic E-state index is 3.74. The molecule has 1 aliphatic rings. The van der Waals surface area contributed by atoms with Crippen molar-refractivity contribution in [1.29, 1.82) is 0 Å². The maximum atomic E-state index is 3.74. The second-order valence-electron chi connectivity index (χ2n) is 8.04. The van der Waals surface area contributed by atoms with Gasteiger partial charge in [-0.2, -0.15) is 0 Å². The van der Waals surface area contributed by atoms with Crippen LogP contribution in [-0.4, -0.2) is 11.1 Å². The third-order valence-electron chi connectivity index (χ3n) is 5.95. The van der Waals surface area contributed by atoms with Crippen LogP contribution in [0.1, 0.15) is 43.7 Å². The third kappa shape index (κ3) is 4.02. The Hall–Kier alpha value is -2.06. The molecule has 0 bridgehead atoms. The molecule has 4 rings (SSSR count). The minimum atomic E-state index is 0.865. The van der Waals surface area contributed by atoms with Gasteiger partial charge in [-0.3, -0.25) is 0 Å². The van der Waals surface area contributed by atoms with Gasteiger partial charge in [-0.05, 0) is 48.4 Å². The van der Waals surface area contributed by atoms with Gasteiger partial charge in [0.1, 0.15) is 0 Å². The smallest absolute Gasteiger partial charge is 0.0486 e. The molecule has 1 aliphatic carbocycles. The summed E-state index contributed by atoms with van der Waals surface area (Å²) in [6, 6.07) is 19.5. The summed E-state index contributed by atoms with van der Waals surface area (Å²) in [5.74, 6) is 1.80. The normalized spacial score (nSPS) is 20.5. The fourth-order valence-electron chi connectivity index (χ4n) is 4.32. The molecule has 2 aromatic carbocycles. The van der Waals surface area contributed by atoms with Crippen LogP contribution in [0.5, 0.6) is 0 Å². The van der Waals surface area contributed by atoms with E-state index in [0.29, 0.717) is 0 Å². The number of fused-ring (bicyclic) bond motifs is 1. The van der Waals surface area contributed by atoms with Crippen molar-refractivity contribution in [2.75, 3.05) is 6.54 Å². The quantitative estimate of drug-likeness (QED) is 0.614. The highest BCUT2D eigenvalue weighted by Crippen LogP contribution is 2.28. The Balaban J connectivity index is 1.45. The van der Waals surface area contributed by atoms with Gasteiger partial charge in [-0.1, -0.05) is 68.3 Å². The Morgan fingerprint density at radius 3 is 2.46 bits per heavy atom. The third-order valence-corrected chi connectivity index (χ3v) is 5.95. The van der Waals surface area contributed by atoms with Gasteiger partial charge in [0.25, 0.3) is 0 Å². The first-order valence-corrected chi connectivity index (χ1v) is 10.1. The molecular formula is C24H30N2. The predicted molar refractivity (Wildman–Crippen MR) is 110 cm³/mol. The average Bonchev–Trinajstić information content (AvgIpc) is 3.02. The number of hydrogen-bond donors (Lipinski definition) is 1. The van der Waals surface area contributed by atoms with Crippen LogP contribution in [0.3, 0.4) is 0 Å². The topological polar surface area (TPSA) is 17.0 Å². The Kier molecular flexibility index (Phi) is 5.40. The van der Waals surface area contributed by atoms with Crippen molar-refractivity contribution in [2.24, 2.45) is 11.8 Å².